The van der Waals surface area contributed by atoms with Crippen molar-refractivity contribution in [3.05, 3.63) is 59.7 Å². The molecule has 0 saturated heterocycles. The van der Waals surface area contributed by atoms with E-state index in [4.69, 9.17) is 0 Å². The third kappa shape index (κ3) is 4.36. The second-order valence-corrected chi connectivity index (χ2v) is 7.50. The number of carbonyl (C=O) groups excluding carboxylic acids is 3. The van der Waals surface area contributed by atoms with Gasteiger partial charge in [-0.05, 0) is 36.4 Å². The number of anilines is 3. The summed E-state index contributed by atoms with van der Waals surface area (Å²) in [5, 5.41) is 7.55. The van der Waals surface area contributed by atoms with Crippen LogP contribution in [0.5, 0.6) is 0 Å². The summed E-state index contributed by atoms with van der Waals surface area (Å²) in [5.74, 6) is -1.26. The molecule has 3 aromatic rings. The van der Waals surface area contributed by atoms with Crippen LogP contribution in [0.25, 0.3) is 11.3 Å². The zero-order valence-corrected chi connectivity index (χ0v) is 16.5. The Kier molecular flexibility index (Phi) is 5.53. The number of aromatic nitrogens is 1. The van der Waals surface area contributed by atoms with E-state index in [1.165, 1.54) is 28.4 Å². The van der Waals surface area contributed by atoms with E-state index in [1.54, 1.807) is 41.8 Å². The number of thiazole rings is 1. The molecular weight excluding hydrogens is 407 g/mol. The maximum atomic E-state index is 13.0. The number of halogens is 1. The van der Waals surface area contributed by atoms with Gasteiger partial charge in [0.25, 0.3) is 0 Å². The summed E-state index contributed by atoms with van der Waals surface area (Å²) in [6.45, 7) is -0.0784. The van der Waals surface area contributed by atoms with E-state index in [-0.39, 0.29) is 42.9 Å². The number of benzene rings is 2. The highest BCUT2D eigenvalue weighted by molar-refractivity contribution is 7.14. The van der Waals surface area contributed by atoms with E-state index in [9.17, 15) is 18.8 Å². The minimum Gasteiger partial charge on any atom is -0.323 e. The van der Waals surface area contributed by atoms with Crippen molar-refractivity contribution in [3.63, 3.8) is 0 Å². The Morgan fingerprint density at radius 3 is 2.70 bits per heavy atom. The molecular formula is C21H17FN4O3S. The van der Waals surface area contributed by atoms with Crippen LogP contribution in [0.2, 0.25) is 0 Å². The van der Waals surface area contributed by atoms with Gasteiger partial charge in [0.1, 0.15) is 12.4 Å². The molecule has 2 aromatic carbocycles. The zero-order chi connectivity index (χ0) is 21.1. The van der Waals surface area contributed by atoms with Gasteiger partial charge in [-0.2, -0.15) is 0 Å². The molecule has 0 radical (unpaired) electrons. The minimum absolute atomic E-state index is 0.0371. The number of nitrogens with one attached hydrogen (secondary N) is 2. The molecule has 0 spiro atoms. The molecule has 4 rings (SSSR count). The van der Waals surface area contributed by atoms with Crippen molar-refractivity contribution in [2.45, 2.75) is 12.8 Å². The summed E-state index contributed by atoms with van der Waals surface area (Å²) in [4.78, 5) is 42.4. The first-order valence-electron chi connectivity index (χ1n) is 9.20. The number of amides is 3. The SMILES string of the molecule is O=C(CCC(=O)N1CC(=O)Nc2ccccc21)Nc1nc(-c2ccc(F)cc2)cs1. The molecule has 9 heteroatoms. The largest absolute Gasteiger partial charge is 0.323 e. The van der Waals surface area contributed by atoms with Gasteiger partial charge in [-0.15, -0.1) is 11.3 Å². The first-order valence-corrected chi connectivity index (χ1v) is 10.1. The molecule has 0 bridgehead atoms. The van der Waals surface area contributed by atoms with Crippen molar-refractivity contribution in [1.82, 2.24) is 4.98 Å². The van der Waals surface area contributed by atoms with Crippen molar-refractivity contribution in [2.24, 2.45) is 0 Å². The van der Waals surface area contributed by atoms with Crippen LogP contribution in [0.15, 0.2) is 53.9 Å². The Hall–Kier alpha value is -3.59. The third-order valence-corrected chi connectivity index (χ3v) is 5.29. The molecule has 2 N–H and O–H groups in total. The van der Waals surface area contributed by atoms with Gasteiger partial charge in [-0.1, -0.05) is 12.1 Å². The van der Waals surface area contributed by atoms with Crippen molar-refractivity contribution < 1.29 is 18.8 Å². The highest BCUT2D eigenvalue weighted by Crippen LogP contribution is 2.29. The number of carbonyl (C=O) groups is 3. The molecule has 1 aromatic heterocycles. The molecule has 0 unspecified atom stereocenters. The average molecular weight is 424 g/mol. The zero-order valence-electron chi connectivity index (χ0n) is 15.7. The van der Waals surface area contributed by atoms with E-state index in [1.807, 2.05) is 0 Å². The number of hydrogen-bond acceptors (Lipinski definition) is 5. The second kappa shape index (κ2) is 8.42. The monoisotopic (exact) mass is 424 g/mol. The van der Waals surface area contributed by atoms with E-state index >= 15 is 0 Å². The van der Waals surface area contributed by atoms with Crippen LogP contribution in [0, 0.1) is 5.82 Å². The lowest BCUT2D eigenvalue weighted by molar-refractivity contribution is -0.124. The molecule has 0 atom stereocenters. The molecule has 3 amide bonds. The first-order chi connectivity index (χ1) is 14.5. The van der Waals surface area contributed by atoms with E-state index < -0.39 is 0 Å². The van der Waals surface area contributed by atoms with Crippen molar-refractivity contribution in [2.75, 3.05) is 22.1 Å². The highest BCUT2D eigenvalue weighted by Gasteiger charge is 2.26. The average Bonchev–Trinajstić information content (AvgIpc) is 3.20. The standard InChI is InChI=1S/C21H17FN4O3S/c22-14-7-5-13(6-8-14)16-12-30-21(24-16)25-18(27)9-10-20(29)26-11-19(28)23-15-3-1-2-4-17(15)26/h1-8,12H,9-11H2,(H,23,28)(H,24,25,27). The summed E-state index contributed by atoms with van der Waals surface area (Å²) in [7, 11) is 0. The molecule has 30 heavy (non-hydrogen) atoms. The number of nitrogens with zero attached hydrogens (tertiary/aromatic N) is 2. The normalized spacial score (nSPS) is 12.8. The van der Waals surface area contributed by atoms with Gasteiger partial charge in [-0.3, -0.25) is 14.4 Å². The van der Waals surface area contributed by atoms with Crippen LogP contribution in [0.4, 0.5) is 20.9 Å². The summed E-state index contributed by atoms with van der Waals surface area (Å²) >= 11 is 1.25. The second-order valence-electron chi connectivity index (χ2n) is 6.64. The van der Waals surface area contributed by atoms with Crippen LogP contribution >= 0.6 is 11.3 Å². The Morgan fingerprint density at radius 2 is 1.90 bits per heavy atom. The summed E-state index contributed by atoms with van der Waals surface area (Å²) < 4.78 is 13.0. The Labute approximate surface area is 175 Å². The maximum absolute atomic E-state index is 13.0. The number of fused-ring (bicyclic) bond motifs is 1. The lowest BCUT2D eigenvalue weighted by atomic mass is 10.1. The van der Waals surface area contributed by atoms with Crippen LogP contribution < -0.4 is 15.5 Å². The number of para-hydroxylation sites is 2. The lowest BCUT2D eigenvalue weighted by Crippen LogP contribution is -2.42. The molecule has 0 saturated carbocycles. The molecule has 2 heterocycles. The predicted octanol–water partition coefficient (Wildman–Crippen LogP) is 3.65. The molecule has 0 fully saturated rings. The summed E-state index contributed by atoms with van der Waals surface area (Å²) in [6, 6.07) is 12.9. The maximum Gasteiger partial charge on any atom is 0.244 e. The first kappa shape index (κ1) is 19.7. The Morgan fingerprint density at radius 1 is 1.13 bits per heavy atom. The third-order valence-electron chi connectivity index (χ3n) is 4.53. The van der Waals surface area contributed by atoms with Crippen molar-refractivity contribution in [1.29, 1.82) is 0 Å². The minimum atomic E-state index is -0.349. The summed E-state index contributed by atoms with van der Waals surface area (Å²) in [6.07, 6.45) is -0.0752. The predicted molar refractivity (Wildman–Crippen MR) is 113 cm³/mol. The van der Waals surface area contributed by atoms with Gasteiger partial charge in [0.2, 0.25) is 17.7 Å². The van der Waals surface area contributed by atoms with E-state index in [0.29, 0.717) is 22.2 Å². The fourth-order valence-corrected chi connectivity index (χ4v) is 3.81. The van der Waals surface area contributed by atoms with Gasteiger partial charge in [0.15, 0.2) is 5.13 Å². The summed E-state index contributed by atoms with van der Waals surface area (Å²) in [5.41, 5.74) is 2.56. The van der Waals surface area contributed by atoms with Gasteiger partial charge in [0, 0.05) is 23.8 Å². The number of hydrogen-bond donors (Lipinski definition) is 2. The fourth-order valence-electron chi connectivity index (χ4n) is 3.08. The molecule has 7 nitrogen and oxygen atoms in total. The molecule has 0 aliphatic carbocycles. The highest BCUT2D eigenvalue weighted by atomic mass is 32.1. The quantitative estimate of drug-likeness (QED) is 0.654. The van der Waals surface area contributed by atoms with Crippen molar-refractivity contribution in [3.8, 4) is 11.3 Å². The topological polar surface area (TPSA) is 91.4 Å². The van der Waals surface area contributed by atoms with E-state index in [0.717, 1.165) is 5.56 Å². The van der Waals surface area contributed by atoms with Crippen molar-refractivity contribution >= 4 is 45.6 Å². The molecule has 1 aliphatic rings. The van der Waals surface area contributed by atoms with Gasteiger partial charge < -0.3 is 15.5 Å². The lowest BCUT2D eigenvalue weighted by Gasteiger charge is -2.29. The Bertz CT molecular complexity index is 1110. The fraction of sp³-hybridized carbons (Fsp3) is 0.143. The van der Waals surface area contributed by atoms with Crippen LogP contribution in [0.3, 0.4) is 0 Å². The molecule has 1 aliphatic heterocycles. The van der Waals surface area contributed by atoms with Gasteiger partial charge in [0.05, 0.1) is 17.1 Å². The number of rotatable bonds is 5. The van der Waals surface area contributed by atoms with Gasteiger partial charge >= 0.3 is 0 Å². The van der Waals surface area contributed by atoms with Crippen LogP contribution in [-0.4, -0.2) is 29.3 Å². The van der Waals surface area contributed by atoms with Crippen LogP contribution in [0.1, 0.15) is 12.8 Å². The van der Waals surface area contributed by atoms with E-state index in [2.05, 4.69) is 15.6 Å². The Balaban J connectivity index is 1.35. The molecule has 152 valence electrons. The van der Waals surface area contributed by atoms with Crippen LogP contribution in [-0.2, 0) is 14.4 Å². The van der Waals surface area contributed by atoms with Gasteiger partial charge in [-0.25, -0.2) is 9.37 Å². The smallest absolute Gasteiger partial charge is 0.244 e.